The van der Waals surface area contributed by atoms with Crippen molar-refractivity contribution < 1.29 is 13.3 Å². The summed E-state index contributed by atoms with van der Waals surface area (Å²) in [5.41, 5.74) is 1.69. The third-order valence-electron chi connectivity index (χ3n) is 4.45. The number of unbranched alkanes of at least 4 members (excludes halogenated alkanes) is 1. The molecule has 1 aromatic heterocycles. The minimum atomic E-state index is -3.43. The maximum absolute atomic E-state index is 12.2. The Hall–Kier alpha value is -2.76. The first-order chi connectivity index (χ1) is 14.9. The molecule has 0 spiro atoms. The number of benzene rings is 2. The van der Waals surface area contributed by atoms with Gasteiger partial charge in [0, 0.05) is 23.6 Å². The Labute approximate surface area is 185 Å². The number of nitro groups is 1. The van der Waals surface area contributed by atoms with E-state index in [1.165, 1.54) is 23.9 Å². The van der Waals surface area contributed by atoms with Crippen LogP contribution < -0.4 is 4.72 Å². The largest absolute Gasteiger partial charge is 0.273 e. The molecule has 0 fully saturated rings. The summed E-state index contributed by atoms with van der Waals surface area (Å²) in [6.45, 7) is 1.90. The third kappa shape index (κ3) is 6.36. The molecule has 0 unspecified atom stereocenters. The highest BCUT2D eigenvalue weighted by Crippen LogP contribution is 2.26. The Bertz CT molecular complexity index is 1120. The number of nitro benzene ring substituents is 1. The number of hydrogen-bond acceptors (Lipinski definition) is 7. The zero-order valence-electron chi connectivity index (χ0n) is 17.0. The van der Waals surface area contributed by atoms with Crippen molar-refractivity contribution in [3.63, 3.8) is 0 Å². The zero-order chi connectivity index (χ0) is 22.3. The second-order valence-electron chi connectivity index (χ2n) is 6.78. The first-order valence-electron chi connectivity index (χ1n) is 9.73. The van der Waals surface area contributed by atoms with Crippen molar-refractivity contribution in [1.82, 2.24) is 19.5 Å². The molecular weight excluding hydrogens is 438 g/mol. The van der Waals surface area contributed by atoms with E-state index in [2.05, 4.69) is 14.9 Å². The van der Waals surface area contributed by atoms with Crippen molar-refractivity contribution in [3.8, 4) is 5.69 Å². The molecule has 2 aromatic carbocycles. The van der Waals surface area contributed by atoms with Crippen molar-refractivity contribution >= 4 is 27.5 Å². The summed E-state index contributed by atoms with van der Waals surface area (Å²) in [6.07, 6.45) is 1.35. The molecular formula is C20H23N5O4S2. The highest BCUT2D eigenvalue weighted by atomic mass is 32.2. The van der Waals surface area contributed by atoms with E-state index < -0.39 is 14.9 Å². The fourth-order valence-electron chi connectivity index (χ4n) is 2.79. The van der Waals surface area contributed by atoms with Gasteiger partial charge in [-0.05, 0) is 24.1 Å². The normalized spacial score (nSPS) is 11.5. The standard InChI is InChI=1S/C20H23N5O4S2/c1-2-3-13-31(28,29)21-14-19-22-23-20(30-15-16-7-5-4-6-8-16)24(19)17-9-11-18(12-10-17)25(26)27/h4-12,21H,2-3,13-15H2,1H3. The molecule has 0 saturated heterocycles. The third-order valence-corrected chi connectivity index (χ3v) is 6.86. The number of hydrogen-bond donors (Lipinski definition) is 1. The van der Waals surface area contributed by atoms with E-state index in [0.717, 1.165) is 12.0 Å². The van der Waals surface area contributed by atoms with Crippen LogP contribution in [-0.2, 0) is 22.3 Å². The molecule has 0 aliphatic carbocycles. The molecule has 3 rings (SSSR count). The van der Waals surface area contributed by atoms with Crippen LogP contribution in [0, 0.1) is 10.1 Å². The van der Waals surface area contributed by atoms with Gasteiger partial charge in [0.1, 0.15) is 0 Å². The Morgan fingerprint density at radius 1 is 1.10 bits per heavy atom. The lowest BCUT2D eigenvalue weighted by Gasteiger charge is -2.11. The average molecular weight is 462 g/mol. The van der Waals surface area contributed by atoms with Crippen LogP contribution >= 0.6 is 11.8 Å². The van der Waals surface area contributed by atoms with Gasteiger partial charge in [0.2, 0.25) is 10.0 Å². The molecule has 11 heteroatoms. The van der Waals surface area contributed by atoms with E-state index in [1.54, 1.807) is 16.7 Å². The lowest BCUT2D eigenvalue weighted by Crippen LogP contribution is -2.27. The molecule has 0 aliphatic heterocycles. The molecule has 9 nitrogen and oxygen atoms in total. The Kier molecular flexibility index (Phi) is 7.77. The van der Waals surface area contributed by atoms with Crippen molar-refractivity contribution in [2.75, 3.05) is 5.75 Å². The van der Waals surface area contributed by atoms with Gasteiger partial charge in [-0.25, -0.2) is 13.1 Å². The second kappa shape index (κ2) is 10.5. The summed E-state index contributed by atoms with van der Waals surface area (Å²) in [6, 6.07) is 15.8. The lowest BCUT2D eigenvalue weighted by atomic mass is 10.2. The van der Waals surface area contributed by atoms with Crippen molar-refractivity contribution in [2.24, 2.45) is 0 Å². The summed E-state index contributed by atoms with van der Waals surface area (Å²) in [5.74, 6) is 1.10. The number of rotatable bonds is 11. The number of sulfonamides is 1. The molecule has 0 saturated carbocycles. The predicted octanol–water partition coefficient (Wildman–Crippen LogP) is 3.69. The average Bonchev–Trinajstić information content (AvgIpc) is 3.18. The summed E-state index contributed by atoms with van der Waals surface area (Å²) < 4.78 is 28.7. The van der Waals surface area contributed by atoms with Crippen LogP contribution in [0.1, 0.15) is 31.2 Å². The first kappa shape index (κ1) is 22.9. The molecule has 164 valence electrons. The van der Waals surface area contributed by atoms with Crippen LogP contribution in [0.5, 0.6) is 0 Å². The van der Waals surface area contributed by atoms with E-state index in [9.17, 15) is 18.5 Å². The molecule has 0 atom stereocenters. The van der Waals surface area contributed by atoms with Gasteiger partial charge in [-0.3, -0.25) is 14.7 Å². The number of nitrogens with zero attached hydrogens (tertiary/aromatic N) is 4. The smallest absolute Gasteiger partial charge is 0.269 e. The summed E-state index contributed by atoms with van der Waals surface area (Å²) in [7, 11) is -3.43. The first-order valence-corrected chi connectivity index (χ1v) is 12.4. The van der Waals surface area contributed by atoms with Gasteiger partial charge in [-0.15, -0.1) is 10.2 Å². The monoisotopic (exact) mass is 461 g/mol. The Balaban J connectivity index is 1.87. The molecule has 0 aliphatic rings. The highest BCUT2D eigenvalue weighted by molar-refractivity contribution is 7.98. The van der Waals surface area contributed by atoms with Crippen LogP contribution in [0.4, 0.5) is 5.69 Å². The van der Waals surface area contributed by atoms with E-state index >= 15 is 0 Å². The van der Waals surface area contributed by atoms with Crippen molar-refractivity contribution in [2.45, 2.75) is 37.2 Å². The second-order valence-corrected chi connectivity index (χ2v) is 9.64. The van der Waals surface area contributed by atoms with Gasteiger partial charge in [0.25, 0.3) is 5.69 Å². The fourth-order valence-corrected chi connectivity index (χ4v) is 4.88. The van der Waals surface area contributed by atoms with Gasteiger partial charge in [-0.1, -0.05) is 55.4 Å². The van der Waals surface area contributed by atoms with Gasteiger partial charge < -0.3 is 0 Å². The topological polar surface area (TPSA) is 120 Å². The number of thioether (sulfide) groups is 1. The van der Waals surface area contributed by atoms with Crippen LogP contribution in [0.15, 0.2) is 59.8 Å². The van der Waals surface area contributed by atoms with Gasteiger partial charge in [0.15, 0.2) is 11.0 Å². The Morgan fingerprint density at radius 3 is 2.45 bits per heavy atom. The van der Waals surface area contributed by atoms with Crippen LogP contribution in [0.25, 0.3) is 5.69 Å². The van der Waals surface area contributed by atoms with Gasteiger partial charge in [0.05, 0.1) is 17.2 Å². The van der Waals surface area contributed by atoms with E-state index in [4.69, 9.17) is 0 Å². The maximum atomic E-state index is 12.2. The summed E-state index contributed by atoms with van der Waals surface area (Å²) in [4.78, 5) is 10.5. The van der Waals surface area contributed by atoms with Crippen molar-refractivity contribution in [1.29, 1.82) is 0 Å². The molecule has 1 heterocycles. The molecule has 1 N–H and O–H groups in total. The maximum Gasteiger partial charge on any atom is 0.269 e. The van der Waals surface area contributed by atoms with Crippen molar-refractivity contribution in [3.05, 3.63) is 76.1 Å². The number of nitrogens with one attached hydrogen (secondary N) is 1. The Morgan fingerprint density at radius 2 is 1.81 bits per heavy atom. The molecule has 0 radical (unpaired) electrons. The van der Waals surface area contributed by atoms with Gasteiger partial charge >= 0.3 is 0 Å². The van der Waals surface area contributed by atoms with Crippen LogP contribution in [0.3, 0.4) is 0 Å². The molecule has 31 heavy (non-hydrogen) atoms. The van der Waals surface area contributed by atoms with E-state index in [0.29, 0.717) is 28.8 Å². The summed E-state index contributed by atoms with van der Waals surface area (Å²) in [5, 5.41) is 20.0. The number of aromatic nitrogens is 3. The van der Waals surface area contributed by atoms with Crippen LogP contribution in [0.2, 0.25) is 0 Å². The minimum Gasteiger partial charge on any atom is -0.273 e. The highest BCUT2D eigenvalue weighted by Gasteiger charge is 2.18. The van der Waals surface area contributed by atoms with E-state index in [1.807, 2.05) is 37.3 Å². The quantitative estimate of drug-likeness (QED) is 0.263. The predicted molar refractivity (Wildman–Crippen MR) is 120 cm³/mol. The zero-order valence-corrected chi connectivity index (χ0v) is 18.6. The molecule has 3 aromatic rings. The van der Waals surface area contributed by atoms with Crippen LogP contribution in [-0.4, -0.2) is 33.9 Å². The fraction of sp³-hybridized carbons (Fsp3) is 0.300. The summed E-state index contributed by atoms with van der Waals surface area (Å²) >= 11 is 1.45. The molecule has 0 bridgehead atoms. The molecule has 0 amide bonds. The lowest BCUT2D eigenvalue weighted by molar-refractivity contribution is -0.384. The van der Waals surface area contributed by atoms with E-state index in [-0.39, 0.29) is 18.0 Å². The SMILES string of the molecule is CCCCS(=O)(=O)NCc1nnc(SCc2ccccc2)n1-c1ccc([N+](=O)[O-])cc1. The van der Waals surface area contributed by atoms with Gasteiger partial charge in [-0.2, -0.15) is 0 Å². The minimum absolute atomic E-state index is 0.0259. The number of non-ortho nitro benzene ring substituents is 1.